The lowest BCUT2D eigenvalue weighted by Gasteiger charge is -2.20. The molecular formula is C18H23ClN4O2. The van der Waals surface area contributed by atoms with Crippen LogP contribution in [0.1, 0.15) is 13.8 Å². The number of nitrogens with zero attached hydrogens (tertiary/aromatic N) is 2. The van der Waals surface area contributed by atoms with Crippen LogP contribution in [0.25, 0.3) is 10.9 Å². The SMILES string of the molecule is CO[C@H]1CN(C(C)C)C[C@@H]1NC(=O)Nc1ccc(Cl)c2ncccc12. The average Bonchev–Trinajstić information content (AvgIpc) is 3.01. The number of halogens is 1. The fourth-order valence-electron chi connectivity index (χ4n) is 3.18. The van der Waals surface area contributed by atoms with Crippen LogP contribution in [0, 0.1) is 0 Å². The van der Waals surface area contributed by atoms with Crippen LogP contribution in [-0.4, -0.2) is 54.3 Å². The Morgan fingerprint density at radius 1 is 1.36 bits per heavy atom. The van der Waals surface area contributed by atoms with E-state index in [1.807, 2.05) is 12.1 Å². The Bertz CT molecular complexity index is 768. The smallest absolute Gasteiger partial charge is 0.319 e. The fraction of sp³-hybridized carbons (Fsp3) is 0.444. The zero-order valence-electron chi connectivity index (χ0n) is 14.6. The highest BCUT2D eigenvalue weighted by molar-refractivity contribution is 6.35. The molecule has 0 saturated carbocycles. The molecule has 6 nitrogen and oxygen atoms in total. The maximum Gasteiger partial charge on any atom is 0.319 e. The predicted molar refractivity (Wildman–Crippen MR) is 100 cm³/mol. The quantitative estimate of drug-likeness (QED) is 0.877. The van der Waals surface area contributed by atoms with Gasteiger partial charge in [-0.2, -0.15) is 0 Å². The number of hydrogen-bond donors (Lipinski definition) is 2. The van der Waals surface area contributed by atoms with Gasteiger partial charge in [0.15, 0.2) is 0 Å². The van der Waals surface area contributed by atoms with Crippen LogP contribution in [-0.2, 0) is 4.74 Å². The second-order valence-corrected chi connectivity index (χ2v) is 6.93. The van der Waals surface area contributed by atoms with E-state index in [4.69, 9.17) is 16.3 Å². The number of benzene rings is 1. The Kier molecular flexibility index (Phi) is 5.42. The number of ether oxygens (including phenoxy) is 1. The van der Waals surface area contributed by atoms with E-state index < -0.39 is 0 Å². The van der Waals surface area contributed by atoms with Gasteiger partial charge in [0, 0.05) is 37.8 Å². The predicted octanol–water partition coefficient (Wildman–Crippen LogP) is 3.12. The number of amides is 2. The normalized spacial score (nSPS) is 21.0. The van der Waals surface area contributed by atoms with Crippen molar-refractivity contribution in [3.05, 3.63) is 35.5 Å². The second-order valence-electron chi connectivity index (χ2n) is 6.52. The standard InChI is InChI=1S/C18H23ClN4O2/c1-11(2)23-9-15(16(10-23)25-3)22-18(24)21-14-7-6-13(19)17-12(14)5-4-8-20-17/h4-8,11,15-16H,9-10H2,1-3H3,(H2,21,22,24)/t15-,16-/m0/s1. The van der Waals surface area contributed by atoms with Gasteiger partial charge in [-0.15, -0.1) is 0 Å². The van der Waals surface area contributed by atoms with Gasteiger partial charge in [0.05, 0.1) is 28.4 Å². The molecule has 0 spiro atoms. The summed E-state index contributed by atoms with van der Waals surface area (Å²) >= 11 is 6.17. The summed E-state index contributed by atoms with van der Waals surface area (Å²) in [6.45, 7) is 5.86. The van der Waals surface area contributed by atoms with Gasteiger partial charge in [0.1, 0.15) is 0 Å². The van der Waals surface area contributed by atoms with Gasteiger partial charge in [-0.3, -0.25) is 9.88 Å². The van der Waals surface area contributed by atoms with Crippen LogP contribution in [0.5, 0.6) is 0 Å². The Balaban J connectivity index is 1.72. The van der Waals surface area contributed by atoms with Crippen LogP contribution in [0.4, 0.5) is 10.5 Å². The minimum absolute atomic E-state index is 0.0169. The van der Waals surface area contributed by atoms with Crippen LogP contribution in [0.3, 0.4) is 0 Å². The third-order valence-corrected chi connectivity index (χ3v) is 4.92. The highest BCUT2D eigenvalue weighted by Crippen LogP contribution is 2.28. The molecule has 1 aliphatic heterocycles. The molecule has 25 heavy (non-hydrogen) atoms. The van der Waals surface area contributed by atoms with Gasteiger partial charge in [-0.05, 0) is 38.1 Å². The maximum absolute atomic E-state index is 12.5. The molecule has 3 rings (SSSR count). The van der Waals surface area contributed by atoms with E-state index >= 15 is 0 Å². The summed E-state index contributed by atoms with van der Waals surface area (Å²) in [4.78, 5) is 19.1. The molecule has 1 aromatic heterocycles. The second kappa shape index (κ2) is 7.56. The van der Waals surface area contributed by atoms with E-state index in [1.54, 1.807) is 25.4 Å². The first-order chi connectivity index (χ1) is 12.0. The molecule has 1 saturated heterocycles. The van der Waals surface area contributed by atoms with Gasteiger partial charge < -0.3 is 15.4 Å². The number of carbonyl (C=O) groups excluding carboxylic acids is 1. The van der Waals surface area contributed by atoms with Gasteiger partial charge in [-0.25, -0.2) is 4.79 Å². The largest absolute Gasteiger partial charge is 0.378 e. The third kappa shape index (κ3) is 3.86. The molecule has 134 valence electrons. The summed E-state index contributed by atoms with van der Waals surface area (Å²) < 4.78 is 5.53. The van der Waals surface area contributed by atoms with Gasteiger partial charge in [0.2, 0.25) is 0 Å². The number of pyridine rings is 1. The van der Waals surface area contributed by atoms with E-state index in [9.17, 15) is 4.79 Å². The molecular weight excluding hydrogens is 340 g/mol. The topological polar surface area (TPSA) is 66.5 Å². The van der Waals surface area contributed by atoms with Crippen molar-refractivity contribution in [3.63, 3.8) is 0 Å². The van der Waals surface area contributed by atoms with E-state index in [0.717, 1.165) is 18.5 Å². The van der Waals surface area contributed by atoms with Gasteiger partial charge in [0.25, 0.3) is 0 Å². The lowest BCUT2D eigenvalue weighted by molar-refractivity contribution is 0.0896. The van der Waals surface area contributed by atoms with Gasteiger partial charge >= 0.3 is 6.03 Å². The number of nitrogens with one attached hydrogen (secondary N) is 2. The van der Waals surface area contributed by atoms with Gasteiger partial charge in [-0.1, -0.05) is 11.6 Å². The molecule has 2 heterocycles. The summed E-state index contributed by atoms with van der Waals surface area (Å²) in [6.07, 6.45) is 1.66. The number of methoxy groups -OCH3 is 1. The molecule has 1 aromatic carbocycles. The first kappa shape index (κ1) is 17.9. The first-order valence-electron chi connectivity index (χ1n) is 8.37. The molecule has 2 N–H and O–H groups in total. The summed E-state index contributed by atoms with van der Waals surface area (Å²) in [5, 5.41) is 7.30. The molecule has 0 bridgehead atoms. The monoisotopic (exact) mass is 362 g/mol. The number of carbonyl (C=O) groups is 1. The number of anilines is 1. The van der Waals surface area contributed by atoms with Crippen molar-refractivity contribution in [2.75, 3.05) is 25.5 Å². The minimum atomic E-state index is -0.259. The van der Waals surface area contributed by atoms with E-state index in [2.05, 4.69) is 34.4 Å². The number of fused-ring (bicyclic) bond motifs is 1. The minimum Gasteiger partial charge on any atom is -0.378 e. The van der Waals surface area contributed by atoms with Crippen LogP contribution in [0.15, 0.2) is 30.5 Å². The zero-order chi connectivity index (χ0) is 18.0. The molecule has 2 amide bonds. The van der Waals surface area contributed by atoms with E-state index in [-0.39, 0.29) is 18.2 Å². The number of likely N-dealkylation sites (tertiary alicyclic amines) is 1. The van der Waals surface area contributed by atoms with E-state index in [0.29, 0.717) is 22.3 Å². The van der Waals surface area contributed by atoms with Crippen molar-refractivity contribution < 1.29 is 9.53 Å². The van der Waals surface area contributed by atoms with E-state index in [1.165, 1.54) is 0 Å². The van der Waals surface area contributed by atoms with Crippen molar-refractivity contribution in [1.29, 1.82) is 0 Å². The summed E-state index contributed by atoms with van der Waals surface area (Å²) in [6, 6.07) is 7.33. The molecule has 0 radical (unpaired) electrons. The molecule has 2 atom stereocenters. The Morgan fingerprint density at radius 2 is 2.16 bits per heavy atom. The zero-order valence-corrected chi connectivity index (χ0v) is 15.4. The van der Waals surface area contributed by atoms with Crippen molar-refractivity contribution >= 4 is 34.2 Å². The van der Waals surface area contributed by atoms with Crippen molar-refractivity contribution in [2.45, 2.75) is 32.0 Å². The first-order valence-corrected chi connectivity index (χ1v) is 8.75. The van der Waals surface area contributed by atoms with Crippen molar-refractivity contribution in [2.24, 2.45) is 0 Å². The maximum atomic E-state index is 12.5. The summed E-state index contributed by atoms with van der Waals surface area (Å²) in [7, 11) is 1.68. The van der Waals surface area contributed by atoms with Crippen LogP contribution < -0.4 is 10.6 Å². The molecule has 0 aliphatic carbocycles. The lowest BCUT2D eigenvalue weighted by atomic mass is 10.2. The van der Waals surface area contributed by atoms with Crippen LogP contribution >= 0.6 is 11.6 Å². The summed E-state index contributed by atoms with van der Waals surface area (Å²) in [5.74, 6) is 0. The number of aromatic nitrogens is 1. The lowest BCUT2D eigenvalue weighted by Crippen LogP contribution is -2.45. The highest BCUT2D eigenvalue weighted by Gasteiger charge is 2.35. The Hall–Kier alpha value is -1.89. The van der Waals surface area contributed by atoms with Crippen molar-refractivity contribution in [1.82, 2.24) is 15.2 Å². The number of rotatable bonds is 4. The Labute approximate surface area is 152 Å². The summed E-state index contributed by atoms with van der Waals surface area (Å²) in [5.41, 5.74) is 1.35. The van der Waals surface area contributed by atoms with Crippen LogP contribution in [0.2, 0.25) is 5.02 Å². The fourth-order valence-corrected chi connectivity index (χ4v) is 3.39. The van der Waals surface area contributed by atoms with Crippen molar-refractivity contribution in [3.8, 4) is 0 Å². The average molecular weight is 363 g/mol. The molecule has 1 aliphatic rings. The Morgan fingerprint density at radius 3 is 2.88 bits per heavy atom. The third-order valence-electron chi connectivity index (χ3n) is 4.61. The molecule has 1 fully saturated rings. The number of urea groups is 1. The number of hydrogen-bond acceptors (Lipinski definition) is 4. The molecule has 7 heteroatoms. The molecule has 0 unspecified atom stereocenters. The highest BCUT2D eigenvalue weighted by atomic mass is 35.5. The molecule has 2 aromatic rings.